The molecule has 0 aliphatic carbocycles. The van der Waals surface area contributed by atoms with Crippen LogP contribution < -0.4 is 0 Å². The molecule has 0 amide bonds. The first-order valence-corrected chi connectivity index (χ1v) is 5.99. The van der Waals surface area contributed by atoms with E-state index in [0.29, 0.717) is 10.3 Å². The summed E-state index contributed by atoms with van der Waals surface area (Å²) in [5, 5.41) is 0. The third-order valence-electron chi connectivity index (χ3n) is 2.31. The van der Waals surface area contributed by atoms with Crippen molar-refractivity contribution in [2.45, 2.75) is 50.1 Å². The van der Waals surface area contributed by atoms with Gasteiger partial charge in [0.2, 0.25) is 0 Å². The minimum atomic E-state index is -0.0258. The third kappa shape index (κ3) is 3.11. The molecular formula is C10H17IO2. The summed E-state index contributed by atoms with van der Waals surface area (Å²) in [7, 11) is 0. The Balaban J connectivity index is 2.56. The highest BCUT2D eigenvalue weighted by molar-refractivity contribution is 14.1. The van der Waals surface area contributed by atoms with E-state index in [1.165, 1.54) is 0 Å². The largest absolute Gasteiger partial charge is 0.461 e. The molecular weight excluding hydrogens is 279 g/mol. The highest BCUT2D eigenvalue weighted by atomic mass is 127. The maximum Gasteiger partial charge on any atom is 0.306 e. The second-order valence-corrected chi connectivity index (χ2v) is 6.03. The lowest BCUT2D eigenvalue weighted by molar-refractivity contribution is -0.154. The zero-order chi connectivity index (χ0) is 10.1. The summed E-state index contributed by atoms with van der Waals surface area (Å²) in [6.07, 6.45) is 2.74. The van der Waals surface area contributed by atoms with Crippen molar-refractivity contribution in [2.24, 2.45) is 5.41 Å². The number of esters is 1. The predicted octanol–water partition coefficient (Wildman–Crippen LogP) is 2.93. The fraction of sp³-hybridized carbons (Fsp3) is 0.900. The molecule has 0 radical (unpaired) electrons. The van der Waals surface area contributed by atoms with Gasteiger partial charge >= 0.3 is 5.97 Å². The van der Waals surface area contributed by atoms with E-state index in [1.807, 2.05) is 0 Å². The van der Waals surface area contributed by atoms with Crippen molar-refractivity contribution in [1.82, 2.24) is 0 Å². The van der Waals surface area contributed by atoms with Gasteiger partial charge in [0.05, 0.1) is 3.92 Å². The zero-order valence-corrected chi connectivity index (χ0v) is 10.6. The maximum absolute atomic E-state index is 11.1. The molecule has 0 saturated carbocycles. The molecule has 3 heteroatoms. The van der Waals surface area contributed by atoms with E-state index >= 15 is 0 Å². The molecule has 0 aromatic heterocycles. The molecule has 2 nitrogen and oxygen atoms in total. The molecule has 1 rings (SSSR count). The van der Waals surface area contributed by atoms with E-state index < -0.39 is 0 Å². The second kappa shape index (κ2) is 4.15. The quantitative estimate of drug-likeness (QED) is 0.422. The first-order chi connectivity index (χ1) is 5.91. The van der Waals surface area contributed by atoms with Crippen molar-refractivity contribution in [2.75, 3.05) is 0 Å². The second-order valence-electron chi connectivity index (χ2n) is 4.69. The van der Waals surface area contributed by atoms with Gasteiger partial charge in [0, 0.05) is 6.42 Å². The topological polar surface area (TPSA) is 26.3 Å². The van der Waals surface area contributed by atoms with Crippen molar-refractivity contribution in [3.8, 4) is 0 Å². The van der Waals surface area contributed by atoms with E-state index in [2.05, 4.69) is 43.4 Å². The summed E-state index contributed by atoms with van der Waals surface area (Å²) in [6.45, 7) is 6.56. The Morgan fingerprint density at radius 2 is 2.15 bits per heavy atom. The molecule has 1 aliphatic heterocycles. The van der Waals surface area contributed by atoms with Crippen molar-refractivity contribution >= 4 is 28.6 Å². The van der Waals surface area contributed by atoms with Crippen LogP contribution in [0.4, 0.5) is 0 Å². The number of hydrogen-bond acceptors (Lipinski definition) is 2. The average Bonchev–Trinajstić information content (AvgIpc) is 2.01. The van der Waals surface area contributed by atoms with Gasteiger partial charge in [0.15, 0.2) is 0 Å². The van der Waals surface area contributed by atoms with Gasteiger partial charge in [-0.25, -0.2) is 0 Å². The van der Waals surface area contributed by atoms with Crippen molar-refractivity contribution < 1.29 is 9.53 Å². The van der Waals surface area contributed by atoms with E-state index in [1.54, 1.807) is 0 Å². The number of rotatable bonds is 1. The van der Waals surface area contributed by atoms with Crippen LogP contribution in [-0.4, -0.2) is 16.0 Å². The van der Waals surface area contributed by atoms with Crippen molar-refractivity contribution in [3.63, 3.8) is 0 Å². The molecule has 1 heterocycles. The van der Waals surface area contributed by atoms with E-state index in [-0.39, 0.29) is 17.5 Å². The molecule has 0 unspecified atom stereocenters. The summed E-state index contributed by atoms with van der Waals surface area (Å²) in [4.78, 5) is 11.1. The highest BCUT2D eigenvalue weighted by Crippen LogP contribution is 2.34. The highest BCUT2D eigenvalue weighted by Gasteiger charge is 2.34. The van der Waals surface area contributed by atoms with Crippen LogP contribution in [0, 0.1) is 5.41 Å². The normalized spacial score (nSPS) is 26.8. The summed E-state index contributed by atoms with van der Waals surface area (Å²) < 4.78 is 5.74. The molecule has 0 N–H and O–H groups in total. The lowest BCUT2D eigenvalue weighted by Crippen LogP contribution is -2.38. The number of hydrogen-bond donors (Lipinski definition) is 0. The fourth-order valence-electron chi connectivity index (χ4n) is 1.50. The van der Waals surface area contributed by atoms with E-state index in [9.17, 15) is 4.79 Å². The van der Waals surface area contributed by atoms with Gasteiger partial charge < -0.3 is 4.74 Å². The number of alkyl halides is 1. The van der Waals surface area contributed by atoms with Crippen LogP contribution in [0.5, 0.6) is 0 Å². The van der Waals surface area contributed by atoms with Gasteiger partial charge in [-0.1, -0.05) is 43.4 Å². The van der Waals surface area contributed by atoms with Gasteiger partial charge in [-0.05, 0) is 18.3 Å². The fourth-order valence-corrected chi connectivity index (χ4v) is 2.00. The van der Waals surface area contributed by atoms with Gasteiger partial charge in [0.1, 0.15) is 6.10 Å². The molecule has 0 spiro atoms. The van der Waals surface area contributed by atoms with E-state index in [0.717, 1.165) is 12.8 Å². The van der Waals surface area contributed by atoms with Crippen LogP contribution in [0.3, 0.4) is 0 Å². The minimum absolute atomic E-state index is 0.0258. The standard InChI is InChI=1S/C10H17IO2/c1-10(2,3)9(11)7-5-4-6-8(12)13-7/h7,9H,4-6H2,1-3H3/t7-,9+/m0/s1. The Labute approximate surface area is 93.6 Å². The van der Waals surface area contributed by atoms with Crippen LogP contribution in [0.2, 0.25) is 0 Å². The maximum atomic E-state index is 11.1. The zero-order valence-electron chi connectivity index (χ0n) is 8.47. The number of halogens is 1. The molecule has 0 bridgehead atoms. The first-order valence-electron chi connectivity index (χ1n) is 4.75. The third-order valence-corrected chi connectivity index (χ3v) is 4.98. The van der Waals surface area contributed by atoms with Crippen LogP contribution in [0.15, 0.2) is 0 Å². The molecule has 0 aromatic rings. The van der Waals surface area contributed by atoms with Crippen molar-refractivity contribution in [3.05, 3.63) is 0 Å². The Kier molecular flexibility index (Phi) is 3.60. The van der Waals surface area contributed by atoms with Crippen molar-refractivity contribution in [1.29, 1.82) is 0 Å². The Hall–Kier alpha value is 0.200. The lowest BCUT2D eigenvalue weighted by Gasteiger charge is -2.34. The number of ether oxygens (including phenoxy) is 1. The molecule has 0 aromatic carbocycles. The van der Waals surface area contributed by atoms with Gasteiger partial charge in [-0.15, -0.1) is 0 Å². The molecule has 1 saturated heterocycles. The summed E-state index contributed by atoms with van der Waals surface area (Å²) in [5.41, 5.74) is 0.211. The number of cyclic esters (lactones) is 1. The van der Waals surface area contributed by atoms with E-state index in [4.69, 9.17) is 4.74 Å². The Morgan fingerprint density at radius 1 is 1.54 bits per heavy atom. The number of carbonyl (C=O) groups excluding carboxylic acids is 1. The molecule has 2 atom stereocenters. The SMILES string of the molecule is CC(C)(C)[C@H](I)[C@@H]1CCCC(=O)O1. The molecule has 1 aliphatic rings. The summed E-state index contributed by atoms with van der Waals surface area (Å²) in [5.74, 6) is -0.0258. The summed E-state index contributed by atoms with van der Waals surface area (Å²) in [6, 6.07) is 0. The Morgan fingerprint density at radius 3 is 2.62 bits per heavy atom. The van der Waals surface area contributed by atoms with Gasteiger partial charge in [-0.2, -0.15) is 0 Å². The van der Waals surface area contributed by atoms with Crippen LogP contribution >= 0.6 is 22.6 Å². The van der Waals surface area contributed by atoms with Crippen LogP contribution in [0.1, 0.15) is 40.0 Å². The average molecular weight is 296 g/mol. The first kappa shape index (κ1) is 11.3. The molecule has 1 fully saturated rings. The molecule has 76 valence electrons. The molecule has 13 heavy (non-hydrogen) atoms. The number of carbonyl (C=O) groups is 1. The minimum Gasteiger partial charge on any atom is -0.461 e. The van der Waals surface area contributed by atoms with Gasteiger partial charge in [-0.3, -0.25) is 4.79 Å². The van der Waals surface area contributed by atoms with Gasteiger partial charge in [0.25, 0.3) is 0 Å². The monoisotopic (exact) mass is 296 g/mol. The smallest absolute Gasteiger partial charge is 0.306 e. The van der Waals surface area contributed by atoms with Crippen LogP contribution in [-0.2, 0) is 9.53 Å². The lowest BCUT2D eigenvalue weighted by atomic mass is 9.87. The van der Waals surface area contributed by atoms with Crippen LogP contribution in [0.25, 0.3) is 0 Å². The Bertz CT molecular complexity index is 196. The predicted molar refractivity (Wildman–Crippen MR) is 61.0 cm³/mol. The summed E-state index contributed by atoms with van der Waals surface area (Å²) >= 11 is 2.40.